The van der Waals surface area contributed by atoms with Crippen molar-refractivity contribution in [2.24, 2.45) is 0 Å². The molecule has 6 aromatic carbocycles. The Bertz CT molecular complexity index is 1720. The third-order valence-corrected chi connectivity index (χ3v) is 5.91. The number of para-hydroxylation sites is 4. The molecule has 6 aromatic rings. The molecule has 0 saturated heterocycles. The first-order valence-electron chi connectivity index (χ1n) is 13.2. The van der Waals surface area contributed by atoms with Crippen LogP contribution in [-0.4, -0.2) is 0 Å². The van der Waals surface area contributed by atoms with Crippen LogP contribution in [0.3, 0.4) is 0 Å². The fourth-order valence-electron chi connectivity index (χ4n) is 4.06. The molecule has 5 heteroatoms. The topological polar surface area (TPSA) is 46.2 Å². The summed E-state index contributed by atoms with van der Waals surface area (Å²) in [5, 5.41) is 0. The van der Waals surface area contributed by atoms with E-state index in [0.717, 1.165) is 11.5 Å². The highest BCUT2D eigenvalue weighted by atomic mass is 16.5. The first kappa shape index (κ1) is 25.6. The monoisotopic (exact) mass is 538 g/mol. The van der Waals surface area contributed by atoms with Crippen LogP contribution in [0, 0.1) is 0 Å². The second-order valence-electron chi connectivity index (χ2n) is 9.01. The highest BCUT2D eigenvalue weighted by molar-refractivity contribution is 5.47. The van der Waals surface area contributed by atoms with Crippen molar-refractivity contribution in [3.8, 4) is 57.5 Å². The fraction of sp³-hybridized carbons (Fsp3) is 0. The van der Waals surface area contributed by atoms with Crippen LogP contribution in [0.4, 0.5) is 0 Å². The smallest absolute Gasteiger partial charge is 0.169 e. The molecule has 0 radical (unpaired) electrons. The van der Waals surface area contributed by atoms with Crippen molar-refractivity contribution in [1.82, 2.24) is 0 Å². The van der Waals surface area contributed by atoms with Gasteiger partial charge < -0.3 is 23.7 Å². The van der Waals surface area contributed by atoms with Crippen LogP contribution in [0.15, 0.2) is 158 Å². The van der Waals surface area contributed by atoms with Gasteiger partial charge in [-0.3, -0.25) is 0 Å². The number of benzene rings is 6. The number of ether oxygens (including phenoxy) is 5. The first-order chi connectivity index (χ1) is 20.3. The van der Waals surface area contributed by atoms with Gasteiger partial charge in [0.25, 0.3) is 0 Å². The molecule has 0 heterocycles. The maximum Gasteiger partial charge on any atom is 0.169 e. The summed E-state index contributed by atoms with van der Waals surface area (Å²) in [6.45, 7) is 0. The van der Waals surface area contributed by atoms with E-state index >= 15 is 0 Å². The largest absolute Gasteiger partial charge is 0.457 e. The van der Waals surface area contributed by atoms with Gasteiger partial charge in [0, 0.05) is 18.2 Å². The summed E-state index contributed by atoms with van der Waals surface area (Å²) < 4.78 is 30.4. The Hall–Kier alpha value is -5.68. The van der Waals surface area contributed by atoms with Gasteiger partial charge in [-0.15, -0.1) is 0 Å². The molecule has 200 valence electrons. The molecule has 41 heavy (non-hydrogen) atoms. The second kappa shape index (κ2) is 12.5. The van der Waals surface area contributed by atoms with Crippen LogP contribution in [-0.2, 0) is 0 Å². The predicted octanol–water partition coefficient (Wildman–Crippen LogP) is 10.6. The minimum atomic E-state index is 0.599. The summed E-state index contributed by atoms with van der Waals surface area (Å²) in [7, 11) is 0. The van der Waals surface area contributed by atoms with E-state index in [1.165, 1.54) is 0 Å². The lowest BCUT2D eigenvalue weighted by Gasteiger charge is -2.13. The average Bonchev–Trinajstić information content (AvgIpc) is 3.00. The lowest BCUT2D eigenvalue weighted by atomic mass is 10.3. The molecule has 0 unspecified atom stereocenters. The number of hydrogen-bond acceptors (Lipinski definition) is 5. The molecule has 0 aliphatic rings. The van der Waals surface area contributed by atoms with Crippen LogP contribution in [0.25, 0.3) is 0 Å². The molecule has 0 amide bonds. The minimum Gasteiger partial charge on any atom is -0.457 e. The molecule has 6 rings (SSSR count). The first-order valence-corrected chi connectivity index (χ1v) is 13.2. The second-order valence-corrected chi connectivity index (χ2v) is 9.01. The lowest BCUT2D eigenvalue weighted by molar-refractivity contribution is 0.415. The third kappa shape index (κ3) is 7.05. The molecule has 0 aliphatic carbocycles. The van der Waals surface area contributed by atoms with Crippen LogP contribution < -0.4 is 23.7 Å². The molecular weight excluding hydrogens is 512 g/mol. The van der Waals surface area contributed by atoms with E-state index in [2.05, 4.69) is 0 Å². The quantitative estimate of drug-likeness (QED) is 0.174. The van der Waals surface area contributed by atoms with Gasteiger partial charge in [-0.1, -0.05) is 66.7 Å². The highest BCUT2D eigenvalue weighted by Gasteiger charge is 2.09. The van der Waals surface area contributed by atoms with Crippen molar-refractivity contribution >= 4 is 0 Å². The van der Waals surface area contributed by atoms with Crippen LogP contribution >= 0.6 is 0 Å². The van der Waals surface area contributed by atoms with Gasteiger partial charge in [-0.05, 0) is 72.8 Å². The summed E-state index contributed by atoms with van der Waals surface area (Å²) in [4.78, 5) is 0. The predicted molar refractivity (Wildman–Crippen MR) is 159 cm³/mol. The summed E-state index contributed by atoms with van der Waals surface area (Å²) in [5.74, 6) is 6.57. The fourth-order valence-corrected chi connectivity index (χ4v) is 4.06. The molecule has 0 N–H and O–H groups in total. The van der Waals surface area contributed by atoms with Gasteiger partial charge in [-0.25, -0.2) is 0 Å². The Kier molecular flexibility index (Phi) is 7.77. The van der Waals surface area contributed by atoms with Crippen molar-refractivity contribution in [2.45, 2.75) is 0 Å². The van der Waals surface area contributed by atoms with Gasteiger partial charge in [0.05, 0.1) is 0 Å². The molecule has 0 aromatic heterocycles. The van der Waals surface area contributed by atoms with E-state index < -0.39 is 0 Å². The Morgan fingerprint density at radius 1 is 0.220 bits per heavy atom. The summed E-state index contributed by atoms with van der Waals surface area (Å²) in [6, 6.07) is 49.2. The Labute approximate surface area is 238 Å². The molecule has 0 fully saturated rings. The highest BCUT2D eigenvalue weighted by Crippen LogP contribution is 2.36. The molecular formula is C36H26O5. The molecule has 0 aliphatic heterocycles. The SMILES string of the molecule is c1ccc(Oc2cccc(Oc3cccc(Oc4cccc(Oc5ccccc5Oc5ccccc5)c4)c3)c2)cc1. The average molecular weight is 539 g/mol. The zero-order valence-corrected chi connectivity index (χ0v) is 22.1. The molecule has 5 nitrogen and oxygen atoms in total. The lowest BCUT2D eigenvalue weighted by Crippen LogP contribution is -1.91. The van der Waals surface area contributed by atoms with E-state index in [-0.39, 0.29) is 0 Å². The van der Waals surface area contributed by atoms with Crippen molar-refractivity contribution in [2.75, 3.05) is 0 Å². The van der Waals surface area contributed by atoms with Crippen molar-refractivity contribution < 1.29 is 23.7 Å². The minimum absolute atomic E-state index is 0.599. The van der Waals surface area contributed by atoms with Crippen molar-refractivity contribution in [3.05, 3.63) is 158 Å². The van der Waals surface area contributed by atoms with E-state index in [4.69, 9.17) is 23.7 Å². The normalized spacial score (nSPS) is 10.4. The van der Waals surface area contributed by atoms with E-state index in [9.17, 15) is 0 Å². The standard InChI is InChI=1S/C36H26O5/c1-3-12-27(13-4-1)37-29-16-9-17-30(24-29)38-31-18-10-19-32(25-31)39-33-20-11-21-34(26-33)41-36-23-8-7-22-35(36)40-28-14-5-2-6-15-28/h1-26H. The van der Waals surface area contributed by atoms with E-state index in [1.807, 2.05) is 158 Å². The van der Waals surface area contributed by atoms with E-state index in [0.29, 0.717) is 46.0 Å². The Balaban J connectivity index is 1.13. The zero-order chi connectivity index (χ0) is 27.7. The summed E-state index contributed by atoms with van der Waals surface area (Å²) >= 11 is 0. The van der Waals surface area contributed by atoms with Crippen LogP contribution in [0.2, 0.25) is 0 Å². The molecule has 0 bridgehead atoms. The maximum absolute atomic E-state index is 6.18. The summed E-state index contributed by atoms with van der Waals surface area (Å²) in [5.41, 5.74) is 0. The van der Waals surface area contributed by atoms with E-state index in [1.54, 1.807) is 0 Å². The van der Waals surface area contributed by atoms with Gasteiger partial charge >= 0.3 is 0 Å². The molecule has 0 spiro atoms. The van der Waals surface area contributed by atoms with Gasteiger partial charge in [-0.2, -0.15) is 0 Å². The van der Waals surface area contributed by atoms with Gasteiger partial charge in [0.1, 0.15) is 46.0 Å². The van der Waals surface area contributed by atoms with Crippen LogP contribution in [0.1, 0.15) is 0 Å². The number of hydrogen-bond donors (Lipinski definition) is 0. The zero-order valence-electron chi connectivity index (χ0n) is 22.1. The Morgan fingerprint density at radius 3 is 0.902 bits per heavy atom. The van der Waals surface area contributed by atoms with Gasteiger partial charge in [0.2, 0.25) is 0 Å². The third-order valence-electron chi connectivity index (χ3n) is 5.91. The van der Waals surface area contributed by atoms with Gasteiger partial charge in [0.15, 0.2) is 11.5 Å². The molecule has 0 atom stereocenters. The Morgan fingerprint density at radius 2 is 0.488 bits per heavy atom. The van der Waals surface area contributed by atoms with Crippen molar-refractivity contribution in [1.29, 1.82) is 0 Å². The maximum atomic E-state index is 6.18. The summed E-state index contributed by atoms with van der Waals surface area (Å²) in [6.07, 6.45) is 0. The number of rotatable bonds is 10. The van der Waals surface area contributed by atoms with Crippen molar-refractivity contribution in [3.63, 3.8) is 0 Å². The van der Waals surface area contributed by atoms with Crippen LogP contribution in [0.5, 0.6) is 57.5 Å². The molecule has 0 saturated carbocycles.